The number of nitrogens with one attached hydrogen (secondary N) is 1. The van der Waals surface area contributed by atoms with Crippen molar-refractivity contribution in [1.29, 1.82) is 0 Å². The Morgan fingerprint density at radius 2 is 1.80 bits per heavy atom. The molecule has 4 aromatic rings. The number of aryl methyl sites for hydroxylation is 1. The first-order valence-electron chi connectivity index (χ1n) is 11.1. The summed E-state index contributed by atoms with van der Waals surface area (Å²) >= 11 is 0. The Morgan fingerprint density at radius 3 is 2.54 bits per heavy atom. The van der Waals surface area contributed by atoms with Gasteiger partial charge in [-0.3, -0.25) is 9.10 Å². The van der Waals surface area contributed by atoms with Gasteiger partial charge in [0.05, 0.1) is 17.7 Å². The predicted octanol–water partition coefficient (Wildman–Crippen LogP) is 4.74. The van der Waals surface area contributed by atoms with Crippen LogP contribution in [0.2, 0.25) is 0 Å². The van der Waals surface area contributed by atoms with Crippen molar-refractivity contribution in [2.45, 2.75) is 17.7 Å². The third kappa shape index (κ3) is 4.50. The molecular weight excluding hydrogens is 466 g/mol. The smallest absolute Gasteiger partial charge is 0.277 e. The van der Waals surface area contributed by atoms with Crippen LogP contribution >= 0.6 is 0 Å². The van der Waals surface area contributed by atoms with Crippen LogP contribution in [0, 0.1) is 0 Å². The zero-order valence-corrected chi connectivity index (χ0v) is 19.8. The van der Waals surface area contributed by atoms with Crippen LogP contribution in [-0.2, 0) is 16.4 Å². The highest BCUT2D eigenvalue weighted by atomic mass is 32.2. The number of sulfonamides is 1. The maximum Gasteiger partial charge on any atom is 0.277 e. The van der Waals surface area contributed by atoms with Gasteiger partial charge in [-0.1, -0.05) is 35.5 Å². The van der Waals surface area contributed by atoms with E-state index in [4.69, 9.17) is 9.26 Å². The van der Waals surface area contributed by atoms with Crippen LogP contribution in [0.4, 0.5) is 11.4 Å². The molecule has 2 heterocycles. The van der Waals surface area contributed by atoms with Crippen LogP contribution in [0.25, 0.3) is 11.3 Å². The van der Waals surface area contributed by atoms with E-state index in [0.717, 1.165) is 11.1 Å². The van der Waals surface area contributed by atoms with Gasteiger partial charge in [0.25, 0.3) is 15.9 Å². The lowest BCUT2D eigenvalue weighted by molar-refractivity contribution is 0.101. The van der Waals surface area contributed by atoms with Crippen molar-refractivity contribution in [2.75, 3.05) is 23.3 Å². The van der Waals surface area contributed by atoms with Crippen LogP contribution < -0.4 is 14.4 Å². The summed E-state index contributed by atoms with van der Waals surface area (Å²) in [5.74, 6) is 0.682. The summed E-state index contributed by atoms with van der Waals surface area (Å²) in [5, 5.41) is 6.71. The molecule has 1 aliphatic heterocycles. The number of nitrogens with zero attached hydrogens (tertiary/aromatic N) is 2. The summed E-state index contributed by atoms with van der Waals surface area (Å²) in [7, 11) is -2.20. The minimum Gasteiger partial charge on any atom is -0.497 e. The topological polar surface area (TPSA) is 102 Å². The lowest BCUT2D eigenvalue weighted by Gasteiger charge is -2.31. The Balaban J connectivity index is 1.36. The Morgan fingerprint density at radius 1 is 1.03 bits per heavy atom. The molecule has 5 rings (SSSR count). The first-order chi connectivity index (χ1) is 17.0. The molecule has 0 radical (unpaired) electrons. The van der Waals surface area contributed by atoms with Crippen LogP contribution in [0.1, 0.15) is 22.5 Å². The Kier molecular flexibility index (Phi) is 6.00. The van der Waals surface area contributed by atoms with E-state index < -0.39 is 15.9 Å². The normalized spacial score (nSPS) is 13.2. The van der Waals surface area contributed by atoms with Gasteiger partial charge >= 0.3 is 0 Å². The third-order valence-electron chi connectivity index (χ3n) is 5.86. The Hall–Kier alpha value is -4.11. The maximum atomic E-state index is 13.3. The van der Waals surface area contributed by atoms with E-state index in [9.17, 15) is 13.2 Å². The molecule has 35 heavy (non-hydrogen) atoms. The van der Waals surface area contributed by atoms with Crippen molar-refractivity contribution in [1.82, 2.24) is 5.16 Å². The van der Waals surface area contributed by atoms with Gasteiger partial charge in [-0.15, -0.1) is 0 Å². The lowest BCUT2D eigenvalue weighted by atomic mass is 10.0. The average molecular weight is 490 g/mol. The summed E-state index contributed by atoms with van der Waals surface area (Å²) in [5.41, 5.74) is 2.99. The zero-order chi connectivity index (χ0) is 24.4. The minimum atomic E-state index is -3.73. The summed E-state index contributed by atoms with van der Waals surface area (Å²) in [6.45, 7) is 0.383. The lowest BCUT2D eigenvalue weighted by Crippen LogP contribution is -2.35. The van der Waals surface area contributed by atoms with Crippen LogP contribution in [0.3, 0.4) is 0 Å². The van der Waals surface area contributed by atoms with Gasteiger partial charge in [-0.25, -0.2) is 8.42 Å². The molecule has 1 amide bonds. The number of carbonyl (C=O) groups is 1. The molecule has 0 aliphatic carbocycles. The molecule has 8 nitrogen and oxygen atoms in total. The van der Waals surface area contributed by atoms with E-state index in [-0.39, 0.29) is 10.6 Å². The van der Waals surface area contributed by atoms with Gasteiger partial charge in [0, 0.05) is 23.9 Å². The fraction of sp³-hybridized carbons (Fsp3) is 0.154. The molecule has 9 heteroatoms. The molecule has 0 saturated heterocycles. The second-order valence-corrected chi connectivity index (χ2v) is 9.96. The monoisotopic (exact) mass is 489 g/mol. The van der Waals surface area contributed by atoms with E-state index in [1.807, 2.05) is 30.3 Å². The number of benzene rings is 3. The van der Waals surface area contributed by atoms with Crippen molar-refractivity contribution >= 4 is 27.3 Å². The fourth-order valence-electron chi connectivity index (χ4n) is 4.08. The Labute approximate surface area is 203 Å². The maximum absolute atomic E-state index is 13.3. The number of carbonyl (C=O) groups excluding carboxylic acids is 1. The Bertz CT molecular complexity index is 1460. The summed E-state index contributed by atoms with van der Waals surface area (Å²) in [6, 6.07) is 22.5. The number of hydrogen-bond acceptors (Lipinski definition) is 6. The molecule has 1 aliphatic rings. The number of amides is 1. The standard InChI is InChI=1S/C26H23N3O5S/c1-33-21-10-12-22(13-11-21)35(31,32)29-15-5-8-19-16-20(9-14-24(19)29)27-26(30)23-17-25(34-28-23)18-6-3-2-4-7-18/h2-4,6-7,9-14,16-17H,5,8,15H2,1H3,(H,27,30). The van der Waals surface area contributed by atoms with E-state index in [1.165, 1.54) is 11.4 Å². The number of fused-ring (bicyclic) bond motifs is 1. The van der Waals surface area contributed by atoms with Gasteiger partial charge in [-0.2, -0.15) is 0 Å². The molecule has 1 N–H and O–H groups in total. The summed E-state index contributed by atoms with van der Waals surface area (Å²) in [4.78, 5) is 12.9. The van der Waals surface area contributed by atoms with Crippen LogP contribution in [0.5, 0.6) is 5.75 Å². The zero-order valence-electron chi connectivity index (χ0n) is 19.0. The second kappa shape index (κ2) is 9.27. The largest absolute Gasteiger partial charge is 0.497 e. The molecule has 3 aromatic carbocycles. The van der Waals surface area contributed by atoms with Gasteiger partial charge in [0.1, 0.15) is 5.75 Å². The molecule has 0 unspecified atom stereocenters. The van der Waals surface area contributed by atoms with E-state index in [2.05, 4.69) is 10.5 Å². The average Bonchev–Trinajstić information content (AvgIpc) is 3.39. The number of methoxy groups -OCH3 is 1. The number of hydrogen-bond donors (Lipinski definition) is 1. The number of ether oxygens (including phenoxy) is 1. The third-order valence-corrected chi connectivity index (χ3v) is 7.69. The van der Waals surface area contributed by atoms with E-state index in [0.29, 0.717) is 42.3 Å². The second-order valence-electron chi connectivity index (χ2n) is 8.10. The van der Waals surface area contributed by atoms with Gasteiger partial charge in [0.15, 0.2) is 11.5 Å². The van der Waals surface area contributed by atoms with E-state index >= 15 is 0 Å². The molecule has 0 spiro atoms. The van der Waals surface area contributed by atoms with Crippen molar-refractivity contribution in [3.63, 3.8) is 0 Å². The van der Waals surface area contributed by atoms with Crippen molar-refractivity contribution in [2.24, 2.45) is 0 Å². The van der Waals surface area contributed by atoms with Gasteiger partial charge in [0.2, 0.25) is 0 Å². The predicted molar refractivity (Wildman–Crippen MR) is 132 cm³/mol. The highest BCUT2D eigenvalue weighted by Gasteiger charge is 2.29. The van der Waals surface area contributed by atoms with Gasteiger partial charge in [-0.05, 0) is 60.9 Å². The van der Waals surface area contributed by atoms with Crippen LogP contribution in [0.15, 0.2) is 88.3 Å². The molecule has 0 saturated carbocycles. The summed E-state index contributed by atoms with van der Waals surface area (Å²) in [6.07, 6.45) is 1.37. The molecule has 178 valence electrons. The van der Waals surface area contributed by atoms with Crippen molar-refractivity contribution in [3.05, 3.63) is 90.1 Å². The minimum absolute atomic E-state index is 0.158. The molecule has 0 atom stereocenters. The SMILES string of the molecule is COc1ccc(S(=O)(=O)N2CCCc3cc(NC(=O)c4cc(-c5ccccc5)on4)ccc32)cc1. The molecule has 1 aromatic heterocycles. The fourth-order valence-corrected chi connectivity index (χ4v) is 5.62. The number of rotatable bonds is 6. The number of anilines is 2. The van der Waals surface area contributed by atoms with Crippen molar-refractivity contribution < 1.29 is 22.5 Å². The first-order valence-corrected chi connectivity index (χ1v) is 12.5. The summed E-state index contributed by atoms with van der Waals surface area (Å²) < 4.78 is 38.5. The highest BCUT2D eigenvalue weighted by molar-refractivity contribution is 7.92. The molecule has 0 bridgehead atoms. The molecular formula is C26H23N3O5S. The van der Waals surface area contributed by atoms with E-state index in [1.54, 1.807) is 48.5 Å². The first kappa shape index (κ1) is 22.7. The quantitative estimate of drug-likeness (QED) is 0.420. The van der Waals surface area contributed by atoms with Crippen LogP contribution in [-0.4, -0.2) is 33.1 Å². The van der Waals surface area contributed by atoms with Crippen molar-refractivity contribution in [3.8, 4) is 17.1 Å². The molecule has 0 fully saturated rings. The number of aromatic nitrogens is 1. The van der Waals surface area contributed by atoms with Gasteiger partial charge < -0.3 is 14.6 Å². The highest BCUT2D eigenvalue weighted by Crippen LogP contribution is 2.34.